The van der Waals surface area contributed by atoms with Crippen molar-refractivity contribution < 1.29 is 4.79 Å². The summed E-state index contributed by atoms with van der Waals surface area (Å²) < 4.78 is 1.80. The van der Waals surface area contributed by atoms with Gasteiger partial charge in [-0.25, -0.2) is 9.67 Å². The number of hydrogen-bond acceptors (Lipinski definition) is 4. The Labute approximate surface area is 173 Å². The van der Waals surface area contributed by atoms with Crippen molar-refractivity contribution in [3.63, 3.8) is 0 Å². The van der Waals surface area contributed by atoms with Gasteiger partial charge in [0.25, 0.3) is 5.91 Å². The molecule has 3 heterocycles. The number of amidine groups is 1. The van der Waals surface area contributed by atoms with Gasteiger partial charge in [-0.1, -0.05) is 48.5 Å². The van der Waals surface area contributed by atoms with E-state index >= 15 is 0 Å². The molecule has 2 aromatic heterocycles. The molecule has 0 unspecified atom stereocenters. The quantitative estimate of drug-likeness (QED) is 0.537. The predicted molar refractivity (Wildman–Crippen MR) is 116 cm³/mol. The van der Waals surface area contributed by atoms with Crippen molar-refractivity contribution in [3.8, 4) is 16.9 Å². The number of para-hydroxylation sites is 1. The van der Waals surface area contributed by atoms with E-state index < -0.39 is 0 Å². The number of rotatable bonds is 4. The van der Waals surface area contributed by atoms with E-state index in [1.54, 1.807) is 23.2 Å². The first-order valence-corrected chi connectivity index (χ1v) is 9.50. The monoisotopic (exact) mass is 391 g/mol. The van der Waals surface area contributed by atoms with Crippen molar-refractivity contribution in [1.82, 2.24) is 20.1 Å². The molecule has 1 aliphatic heterocycles. The summed E-state index contributed by atoms with van der Waals surface area (Å²) in [5, 5.41) is 7.59. The van der Waals surface area contributed by atoms with Crippen molar-refractivity contribution >= 4 is 17.8 Å². The van der Waals surface area contributed by atoms with E-state index in [1.165, 1.54) is 0 Å². The molecule has 6 nitrogen and oxygen atoms in total. The number of aromatic nitrogens is 3. The highest BCUT2D eigenvalue weighted by atomic mass is 16.2. The van der Waals surface area contributed by atoms with Crippen LogP contribution in [0.1, 0.15) is 11.1 Å². The van der Waals surface area contributed by atoms with Crippen LogP contribution in [0.3, 0.4) is 0 Å². The molecule has 1 N–H and O–H groups in total. The number of nitrogens with zero attached hydrogens (tertiary/aromatic N) is 4. The number of carbonyl (C=O) groups is 1. The Morgan fingerprint density at radius 3 is 2.33 bits per heavy atom. The molecule has 0 spiro atoms. The van der Waals surface area contributed by atoms with E-state index in [-0.39, 0.29) is 5.91 Å². The summed E-state index contributed by atoms with van der Waals surface area (Å²) in [6, 6.07) is 23.2. The topological polar surface area (TPSA) is 72.2 Å². The summed E-state index contributed by atoms with van der Waals surface area (Å²) in [4.78, 5) is 21.3. The van der Waals surface area contributed by atoms with Crippen LogP contribution in [0.25, 0.3) is 23.0 Å². The van der Waals surface area contributed by atoms with Gasteiger partial charge < -0.3 is 5.32 Å². The molecule has 1 amide bonds. The van der Waals surface area contributed by atoms with Crippen LogP contribution in [0.5, 0.6) is 0 Å². The lowest BCUT2D eigenvalue weighted by Gasteiger charge is -2.00. The van der Waals surface area contributed by atoms with Crippen LogP contribution in [0.4, 0.5) is 0 Å². The maximum Gasteiger partial charge on any atom is 0.275 e. The highest BCUT2D eigenvalue weighted by Gasteiger charge is 2.22. The number of carbonyl (C=O) groups excluding carboxylic acids is 1. The number of aliphatic imine (C=N–C) groups is 1. The standard InChI is InChI=1S/C24H17N5O/c30-24-21(26-23(27-24)17-8-3-1-4-9-17)14-19-16-29(20-11-5-2-6-12-20)28-22(19)18-10-7-13-25-15-18/h1-16H,(H,26,27,30). The minimum absolute atomic E-state index is 0.238. The highest BCUT2D eigenvalue weighted by Crippen LogP contribution is 2.26. The third-order valence-electron chi connectivity index (χ3n) is 4.73. The number of hydrogen-bond donors (Lipinski definition) is 1. The Kier molecular flexibility index (Phi) is 4.50. The molecule has 0 saturated carbocycles. The summed E-state index contributed by atoms with van der Waals surface area (Å²) in [7, 11) is 0. The van der Waals surface area contributed by atoms with E-state index in [1.807, 2.05) is 79.0 Å². The van der Waals surface area contributed by atoms with Gasteiger partial charge in [-0.15, -0.1) is 0 Å². The Morgan fingerprint density at radius 1 is 0.867 bits per heavy atom. The lowest BCUT2D eigenvalue weighted by Crippen LogP contribution is -2.24. The number of amides is 1. The first kappa shape index (κ1) is 17.8. The third-order valence-corrected chi connectivity index (χ3v) is 4.73. The molecule has 0 bridgehead atoms. The molecular formula is C24H17N5O. The van der Waals surface area contributed by atoms with Gasteiger partial charge in [-0.2, -0.15) is 5.10 Å². The Bertz CT molecular complexity index is 1260. The Hall–Kier alpha value is -4.32. The summed E-state index contributed by atoms with van der Waals surface area (Å²) in [5.74, 6) is 0.309. The predicted octanol–water partition coefficient (Wildman–Crippen LogP) is 3.85. The molecule has 5 rings (SSSR count). The maximum atomic E-state index is 12.6. The summed E-state index contributed by atoms with van der Waals surface area (Å²) in [5.41, 5.74) is 4.51. The highest BCUT2D eigenvalue weighted by molar-refractivity contribution is 6.19. The molecule has 1 aliphatic rings. The molecule has 0 fully saturated rings. The first-order chi connectivity index (χ1) is 14.8. The van der Waals surface area contributed by atoms with Crippen molar-refractivity contribution in [2.75, 3.05) is 0 Å². The molecule has 0 atom stereocenters. The molecule has 144 valence electrons. The van der Waals surface area contributed by atoms with Gasteiger partial charge in [0.15, 0.2) is 0 Å². The number of benzene rings is 2. The van der Waals surface area contributed by atoms with Gasteiger partial charge in [0, 0.05) is 35.3 Å². The molecule has 0 radical (unpaired) electrons. The minimum Gasteiger partial charge on any atom is -0.305 e. The molecule has 4 aromatic rings. The smallest absolute Gasteiger partial charge is 0.275 e. The van der Waals surface area contributed by atoms with Crippen molar-refractivity contribution in [2.45, 2.75) is 0 Å². The average molecular weight is 391 g/mol. The average Bonchev–Trinajstić information content (AvgIpc) is 3.40. The molecule has 0 aliphatic carbocycles. The Balaban J connectivity index is 1.60. The largest absolute Gasteiger partial charge is 0.305 e. The summed E-state index contributed by atoms with van der Waals surface area (Å²) in [6.07, 6.45) is 7.14. The number of nitrogens with one attached hydrogen (secondary N) is 1. The molecule has 2 aromatic carbocycles. The van der Waals surface area contributed by atoms with Crippen LogP contribution in [-0.2, 0) is 4.79 Å². The minimum atomic E-state index is -0.238. The van der Waals surface area contributed by atoms with Gasteiger partial charge in [0.05, 0.1) is 5.69 Å². The van der Waals surface area contributed by atoms with E-state index in [4.69, 9.17) is 5.10 Å². The second-order valence-electron chi connectivity index (χ2n) is 6.77. The molecular weight excluding hydrogens is 374 g/mol. The summed E-state index contributed by atoms with van der Waals surface area (Å²) in [6.45, 7) is 0. The van der Waals surface area contributed by atoms with Crippen LogP contribution < -0.4 is 5.32 Å². The first-order valence-electron chi connectivity index (χ1n) is 9.50. The van der Waals surface area contributed by atoms with Crippen LogP contribution in [-0.4, -0.2) is 26.5 Å². The Morgan fingerprint density at radius 2 is 1.60 bits per heavy atom. The lowest BCUT2D eigenvalue weighted by molar-refractivity contribution is -0.115. The molecule has 6 heteroatoms. The van der Waals surface area contributed by atoms with Crippen LogP contribution >= 0.6 is 0 Å². The van der Waals surface area contributed by atoms with E-state index in [9.17, 15) is 4.79 Å². The van der Waals surface area contributed by atoms with E-state index in [0.29, 0.717) is 11.5 Å². The fourth-order valence-electron chi connectivity index (χ4n) is 3.28. The normalized spacial score (nSPS) is 14.6. The van der Waals surface area contributed by atoms with Gasteiger partial charge >= 0.3 is 0 Å². The lowest BCUT2D eigenvalue weighted by atomic mass is 10.1. The van der Waals surface area contributed by atoms with Crippen LogP contribution in [0.15, 0.2) is 102 Å². The zero-order valence-electron chi connectivity index (χ0n) is 15.9. The maximum absolute atomic E-state index is 12.6. The van der Waals surface area contributed by atoms with Crippen LogP contribution in [0.2, 0.25) is 0 Å². The second-order valence-corrected chi connectivity index (χ2v) is 6.77. The summed E-state index contributed by atoms with van der Waals surface area (Å²) >= 11 is 0. The van der Waals surface area contributed by atoms with Gasteiger partial charge in [0.1, 0.15) is 17.2 Å². The van der Waals surface area contributed by atoms with Gasteiger partial charge in [-0.05, 0) is 30.3 Å². The second kappa shape index (κ2) is 7.60. The zero-order chi connectivity index (χ0) is 20.3. The van der Waals surface area contributed by atoms with Crippen molar-refractivity contribution in [2.24, 2.45) is 4.99 Å². The fourth-order valence-corrected chi connectivity index (χ4v) is 3.28. The molecule has 0 saturated heterocycles. The van der Waals surface area contributed by atoms with Crippen molar-refractivity contribution in [3.05, 3.63) is 108 Å². The van der Waals surface area contributed by atoms with Gasteiger partial charge in [-0.3, -0.25) is 9.78 Å². The number of pyridine rings is 1. The van der Waals surface area contributed by atoms with Crippen LogP contribution in [0, 0.1) is 0 Å². The van der Waals surface area contributed by atoms with E-state index in [2.05, 4.69) is 15.3 Å². The van der Waals surface area contributed by atoms with Crippen molar-refractivity contribution in [1.29, 1.82) is 0 Å². The van der Waals surface area contributed by atoms with E-state index in [0.717, 1.165) is 28.1 Å². The zero-order valence-corrected chi connectivity index (χ0v) is 15.9. The fraction of sp³-hybridized carbons (Fsp3) is 0. The van der Waals surface area contributed by atoms with Gasteiger partial charge in [0.2, 0.25) is 0 Å². The SMILES string of the molecule is O=C1NC(c2ccccc2)=NC1=Cc1cn(-c2ccccc2)nc1-c1cccnc1. The third kappa shape index (κ3) is 3.42. The molecule has 30 heavy (non-hydrogen) atoms.